The fourth-order valence-corrected chi connectivity index (χ4v) is 4.70. The van der Waals surface area contributed by atoms with Gasteiger partial charge < -0.3 is 0 Å². The van der Waals surface area contributed by atoms with Crippen LogP contribution in [0.1, 0.15) is 43.5 Å². The molecule has 1 aliphatic rings. The second kappa shape index (κ2) is 9.56. The van der Waals surface area contributed by atoms with Crippen molar-refractivity contribution < 1.29 is 4.79 Å². The molecule has 24 heavy (non-hydrogen) atoms. The quantitative estimate of drug-likeness (QED) is 0.294. The van der Waals surface area contributed by atoms with Gasteiger partial charge in [-0.25, -0.2) is 0 Å². The fourth-order valence-electron chi connectivity index (χ4n) is 3.18. The van der Waals surface area contributed by atoms with E-state index < -0.39 is 5.54 Å². The van der Waals surface area contributed by atoms with Crippen molar-refractivity contribution in [2.24, 2.45) is 5.92 Å². The van der Waals surface area contributed by atoms with Crippen molar-refractivity contribution in [1.29, 1.82) is 0 Å². The molecule has 0 aliphatic carbocycles. The Hall–Kier alpha value is -0.100. The van der Waals surface area contributed by atoms with Crippen molar-refractivity contribution >= 4 is 42.8 Å². The molecule has 0 saturated carbocycles. The first-order valence-electron chi connectivity index (χ1n) is 8.73. The summed E-state index contributed by atoms with van der Waals surface area (Å²) in [5.74, 6) is 3.70. The maximum absolute atomic E-state index is 13.1. The zero-order valence-corrected chi connectivity index (χ0v) is 17.3. The highest BCUT2D eigenvalue weighted by Crippen LogP contribution is 2.28. The number of ketones is 1. The Kier molecular flexibility index (Phi) is 8.05. The average molecular weight is 384 g/mol. The molecule has 0 aromatic heterocycles. The highest BCUT2D eigenvalue weighted by atomic mass is 32.2. The summed E-state index contributed by atoms with van der Waals surface area (Å²) in [6.07, 6.45) is 3.48. The van der Waals surface area contributed by atoms with E-state index in [2.05, 4.69) is 56.1 Å². The van der Waals surface area contributed by atoms with Gasteiger partial charge in [-0.1, -0.05) is 12.1 Å². The van der Waals surface area contributed by atoms with Crippen LogP contribution in [-0.4, -0.2) is 46.6 Å². The summed E-state index contributed by atoms with van der Waals surface area (Å²) in [4.78, 5) is 16.6. The number of hydrogen-bond acceptors (Lipinski definition) is 5. The van der Waals surface area contributed by atoms with Crippen LogP contribution >= 0.6 is 37.0 Å². The van der Waals surface area contributed by atoms with Gasteiger partial charge >= 0.3 is 0 Å². The third kappa shape index (κ3) is 5.20. The summed E-state index contributed by atoms with van der Waals surface area (Å²) in [5.41, 5.74) is 0.356. The minimum absolute atomic E-state index is 0.217. The zero-order valence-electron chi connectivity index (χ0n) is 14.7. The molecular formula is C19H29NOS3. The highest BCUT2D eigenvalue weighted by Gasteiger charge is 2.37. The Labute approximate surface area is 162 Å². The second-order valence-electron chi connectivity index (χ2n) is 6.97. The lowest BCUT2D eigenvalue weighted by atomic mass is 9.87. The maximum Gasteiger partial charge on any atom is 0.182 e. The first-order chi connectivity index (χ1) is 11.5. The van der Waals surface area contributed by atoms with Gasteiger partial charge in [0.15, 0.2) is 5.78 Å². The van der Waals surface area contributed by atoms with Crippen molar-refractivity contribution in [3.05, 3.63) is 29.8 Å². The monoisotopic (exact) mass is 383 g/mol. The van der Waals surface area contributed by atoms with Crippen LogP contribution in [0, 0.1) is 5.92 Å². The van der Waals surface area contributed by atoms with Crippen LogP contribution in [0.3, 0.4) is 0 Å². The molecule has 1 heterocycles. The van der Waals surface area contributed by atoms with Crippen molar-refractivity contribution in [3.8, 4) is 0 Å². The molecule has 1 atom stereocenters. The standard InChI is InChI=1S/C19H29NOS3/c1-19(2,20-10-3-5-15(13-20)14-23)18(21)16-6-8-17(9-7-16)24-12-4-11-22/h6-9,15,22-23H,3-5,10-14H2,1-2H3. The van der Waals surface area contributed by atoms with Crippen LogP contribution in [0.4, 0.5) is 0 Å². The molecule has 0 spiro atoms. The lowest BCUT2D eigenvalue weighted by Gasteiger charge is -2.42. The van der Waals surface area contributed by atoms with Crippen LogP contribution < -0.4 is 0 Å². The van der Waals surface area contributed by atoms with Gasteiger partial charge in [-0.3, -0.25) is 9.69 Å². The third-order valence-corrected chi connectivity index (χ3v) is 6.74. The van der Waals surface area contributed by atoms with Crippen LogP contribution in [-0.2, 0) is 0 Å². The Balaban J connectivity index is 2.03. The Morgan fingerprint density at radius 2 is 2.00 bits per heavy atom. The lowest BCUT2D eigenvalue weighted by molar-refractivity contribution is 0.0502. The lowest BCUT2D eigenvalue weighted by Crippen LogP contribution is -2.54. The largest absolute Gasteiger partial charge is 0.292 e. The molecule has 134 valence electrons. The predicted molar refractivity (Wildman–Crippen MR) is 112 cm³/mol. The summed E-state index contributed by atoms with van der Waals surface area (Å²) in [7, 11) is 0. The van der Waals surface area contributed by atoms with E-state index in [1.54, 1.807) is 0 Å². The SMILES string of the molecule is CC(C)(C(=O)c1ccc(SCCCS)cc1)N1CCCC(CS)C1. The van der Waals surface area contributed by atoms with Crippen molar-refractivity contribution in [2.45, 2.75) is 43.5 Å². The molecule has 1 aliphatic heterocycles. The molecular weight excluding hydrogens is 354 g/mol. The normalized spacial score (nSPS) is 19.4. The van der Waals surface area contributed by atoms with Crippen LogP contribution in [0.15, 0.2) is 29.2 Å². The molecule has 2 nitrogen and oxygen atoms in total. The van der Waals surface area contributed by atoms with Gasteiger partial charge in [0.1, 0.15) is 0 Å². The molecule has 1 fully saturated rings. The second-order valence-corrected chi connectivity index (χ2v) is 8.96. The smallest absolute Gasteiger partial charge is 0.182 e. The Morgan fingerprint density at radius 3 is 2.62 bits per heavy atom. The van der Waals surface area contributed by atoms with Gasteiger partial charge in [-0.05, 0) is 75.0 Å². The summed E-state index contributed by atoms with van der Waals surface area (Å²) in [6.45, 7) is 6.09. The van der Waals surface area contributed by atoms with Gasteiger partial charge in [-0.15, -0.1) is 11.8 Å². The number of thioether (sulfide) groups is 1. The van der Waals surface area contributed by atoms with E-state index in [-0.39, 0.29) is 5.78 Å². The number of nitrogens with zero attached hydrogens (tertiary/aromatic N) is 1. The van der Waals surface area contributed by atoms with Gasteiger partial charge in [0, 0.05) is 17.0 Å². The molecule has 0 amide bonds. The minimum atomic E-state index is -0.456. The van der Waals surface area contributed by atoms with Crippen molar-refractivity contribution in [2.75, 3.05) is 30.3 Å². The first kappa shape index (κ1) is 20.2. The molecule has 0 bridgehead atoms. The minimum Gasteiger partial charge on any atom is -0.292 e. The topological polar surface area (TPSA) is 20.3 Å². The summed E-state index contributed by atoms with van der Waals surface area (Å²) in [6, 6.07) is 8.10. The molecule has 1 saturated heterocycles. The third-order valence-electron chi connectivity index (χ3n) is 4.81. The Bertz CT molecular complexity index is 530. The van der Waals surface area contributed by atoms with E-state index in [9.17, 15) is 4.79 Å². The van der Waals surface area contributed by atoms with Gasteiger partial charge in [0.25, 0.3) is 0 Å². The van der Waals surface area contributed by atoms with Gasteiger partial charge in [-0.2, -0.15) is 25.3 Å². The summed E-state index contributed by atoms with van der Waals surface area (Å²) < 4.78 is 0. The number of carbonyl (C=O) groups is 1. The molecule has 0 N–H and O–H groups in total. The number of benzene rings is 1. The average Bonchev–Trinajstić information content (AvgIpc) is 2.62. The molecule has 2 rings (SSSR count). The Morgan fingerprint density at radius 1 is 1.29 bits per heavy atom. The highest BCUT2D eigenvalue weighted by molar-refractivity contribution is 7.99. The molecule has 1 aromatic carbocycles. The van der Waals surface area contributed by atoms with Crippen molar-refractivity contribution in [1.82, 2.24) is 4.90 Å². The summed E-state index contributed by atoms with van der Waals surface area (Å²) in [5, 5.41) is 0. The van der Waals surface area contributed by atoms with E-state index in [1.807, 2.05) is 23.9 Å². The van der Waals surface area contributed by atoms with Gasteiger partial charge in [0.05, 0.1) is 5.54 Å². The van der Waals surface area contributed by atoms with E-state index >= 15 is 0 Å². The summed E-state index contributed by atoms with van der Waals surface area (Å²) >= 11 is 10.5. The molecule has 0 radical (unpaired) electrons. The van der Waals surface area contributed by atoms with Crippen LogP contribution in [0.5, 0.6) is 0 Å². The first-order valence-corrected chi connectivity index (χ1v) is 11.0. The predicted octanol–water partition coefficient (Wildman–Crippen LogP) is 4.70. The number of piperidine rings is 1. The van der Waals surface area contributed by atoms with Crippen LogP contribution in [0.25, 0.3) is 0 Å². The van der Waals surface area contributed by atoms with Crippen molar-refractivity contribution in [3.63, 3.8) is 0 Å². The molecule has 5 heteroatoms. The number of likely N-dealkylation sites (tertiary alicyclic amines) is 1. The van der Waals surface area contributed by atoms with E-state index in [0.29, 0.717) is 5.92 Å². The van der Waals surface area contributed by atoms with E-state index in [0.717, 1.165) is 48.8 Å². The molecule has 1 aromatic rings. The number of hydrogen-bond donors (Lipinski definition) is 2. The van der Waals surface area contributed by atoms with Gasteiger partial charge in [0.2, 0.25) is 0 Å². The van der Waals surface area contributed by atoms with E-state index in [4.69, 9.17) is 0 Å². The number of Topliss-reactive ketones (excluding diaryl/α,β-unsaturated/α-hetero) is 1. The number of thiol groups is 2. The number of carbonyl (C=O) groups excluding carboxylic acids is 1. The fraction of sp³-hybridized carbons (Fsp3) is 0.632. The molecule has 1 unspecified atom stereocenters. The number of rotatable bonds is 8. The van der Waals surface area contributed by atoms with E-state index in [1.165, 1.54) is 11.3 Å². The zero-order chi connectivity index (χ0) is 17.6. The van der Waals surface area contributed by atoms with Crippen LogP contribution in [0.2, 0.25) is 0 Å². The maximum atomic E-state index is 13.1.